The van der Waals surface area contributed by atoms with Gasteiger partial charge in [-0.05, 0) is 31.5 Å². The zero-order chi connectivity index (χ0) is 18.2. The van der Waals surface area contributed by atoms with E-state index in [1.807, 2.05) is 0 Å². The molecule has 0 bridgehead atoms. The highest BCUT2D eigenvalue weighted by Gasteiger charge is 2.16. The lowest BCUT2D eigenvalue weighted by Gasteiger charge is -2.10. The van der Waals surface area contributed by atoms with Gasteiger partial charge in [0, 0.05) is 11.8 Å². The molecule has 7 nitrogen and oxygen atoms in total. The molecule has 25 heavy (non-hydrogen) atoms. The number of hydrogen-bond acceptors (Lipinski definition) is 6. The van der Waals surface area contributed by atoms with E-state index in [-0.39, 0.29) is 17.6 Å². The lowest BCUT2D eigenvalue weighted by molar-refractivity contribution is -0.115. The predicted molar refractivity (Wildman–Crippen MR) is 96.2 cm³/mol. The third-order valence-electron chi connectivity index (χ3n) is 3.23. The van der Waals surface area contributed by atoms with E-state index in [0.29, 0.717) is 23.7 Å². The number of carbonyl (C=O) groups is 2. The summed E-state index contributed by atoms with van der Waals surface area (Å²) in [7, 11) is 0. The van der Waals surface area contributed by atoms with Crippen LogP contribution in [0.2, 0.25) is 0 Å². The minimum absolute atomic E-state index is 0.145. The Balaban J connectivity index is 1.76. The van der Waals surface area contributed by atoms with Crippen molar-refractivity contribution in [2.24, 2.45) is 0 Å². The molecule has 0 aliphatic carbocycles. The smallest absolute Gasteiger partial charge is 0.238 e. The van der Waals surface area contributed by atoms with Crippen LogP contribution in [0.1, 0.15) is 18.2 Å². The largest absolute Gasteiger partial charge is 0.360 e. The maximum absolute atomic E-state index is 12.0. The van der Waals surface area contributed by atoms with E-state index >= 15 is 0 Å². The average Bonchev–Trinajstić information content (AvgIpc) is 2.99. The number of anilines is 2. The van der Waals surface area contributed by atoms with Crippen LogP contribution in [0.15, 0.2) is 34.9 Å². The zero-order valence-electron chi connectivity index (χ0n) is 13.9. The molecule has 2 amide bonds. The minimum Gasteiger partial charge on any atom is -0.360 e. The monoisotopic (exact) mass is 358 g/mol. The first-order valence-electron chi connectivity index (χ1n) is 7.59. The molecule has 1 aromatic carbocycles. The number of nitrogens with one attached hydrogen (secondary N) is 2. The van der Waals surface area contributed by atoms with Crippen molar-refractivity contribution in [1.82, 2.24) is 5.16 Å². The Kier molecular flexibility index (Phi) is 6.60. The molecule has 1 heterocycles. The number of hydrogen-bond donors (Lipinski definition) is 2. The maximum Gasteiger partial charge on any atom is 0.238 e. The van der Waals surface area contributed by atoms with E-state index in [4.69, 9.17) is 9.78 Å². The number of carbonyl (C=O) groups excluding carboxylic acids is 2. The first-order chi connectivity index (χ1) is 12.0. The van der Waals surface area contributed by atoms with Crippen molar-refractivity contribution in [2.45, 2.75) is 25.5 Å². The van der Waals surface area contributed by atoms with Gasteiger partial charge in [0.1, 0.15) is 5.76 Å². The van der Waals surface area contributed by atoms with Crippen molar-refractivity contribution in [3.05, 3.63) is 41.7 Å². The number of aryl methyl sites for hydroxylation is 1. The van der Waals surface area contributed by atoms with Gasteiger partial charge >= 0.3 is 0 Å². The molecule has 0 spiro atoms. The van der Waals surface area contributed by atoms with Crippen LogP contribution in [0.3, 0.4) is 0 Å². The summed E-state index contributed by atoms with van der Waals surface area (Å²) in [5.41, 5.74) is 1.55. The molecule has 0 radical (unpaired) electrons. The Hall–Kier alpha value is -2.79. The van der Waals surface area contributed by atoms with E-state index in [0.717, 1.165) is 5.56 Å². The summed E-state index contributed by atoms with van der Waals surface area (Å²) in [5.74, 6) is 0.668. The SMILES string of the molecule is Cc1cc(NC(=O)C(C)SCC(=O)Nc2ccc(CC#N)cc2)no1. The van der Waals surface area contributed by atoms with Crippen molar-refractivity contribution in [2.75, 3.05) is 16.4 Å². The van der Waals surface area contributed by atoms with Crippen LogP contribution in [0.25, 0.3) is 0 Å². The van der Waals surface area contributed by atoms with E-state index in [9.17, 15) is 9.59 Å². The lowest BCUT2D eigenvalue weighted by Crippen LogP contribution is -2.25. The van der Waals surface area contributed by atoms with Crippen LogP contribution in [-0.4, -0.2) is 28.0 Å². The number of thioether (sulfide) groups is 1. The van der Waals surface area contributed by atoms with Crippen LogP contribution in [0.5, 0.6) is 0 Å². The fourth-order valence-electron chi connectivity index (χ4n) is 1.92. The highest BCUT2D eigenvalue weighted by atomic mass is 32.2. The van der Waals surface area contributed by atoms with Crippen molar-refractivity contribution in [3.63, 3.8) is 0 Å². The quantitative estimate of drug-likeness (QED) is 0.788. The summed E-state index contributed by atoms with van der Waals surface area (Å²) in [6.45, 7) is 3.45. The molecule has 130 valence electrons. The number of benzene rings is 1. The first kappa shape index (κ1) is 18.5. The summed E-state index contributed by atoms with van der Waals surface area (Å²) in [5, 5.41) is 17.3. The van der Waals surface area contributed by atoms with E-state index in [1.165, 1.54) is 11.8 Å². The molecule has 8 heteroatoms. The van der Waals surface area contributed by atoms with E-state index in [1.54, 1.807) is 44.2 Å². The Labute approximate surface area is 149 Å². The first-order valence-corrected chi connectivity index (χ1v) is 8.64. The van der Waals surface area contributed by atoms with Gasteiger partial charge in [-0.2, -0.15) is 5.26 Å². The minimum atomic E-state index is -0.416. The molecule has 1 atom stereocenters. The molecule has 1 aromatic heterocycles. The molecule has 0 fully saturated rings. The molecular weight excluding hydrogens is 340 g/mol. The van der Waals surface area contributed by atoms with Crippen molar-refractivity contribution < 1.29 is 14.1 Å². The molecule has 0 saturated carbocycles. The number of nitriles is 1. The molecule has 2 rings (SSSR count). The highest BCUT2D eigenvalue weighted by Crippen LogP contribution is 2.15. The normalized spacial score (nSPS) is 11.4. The van der Waals surface area contributed by atoms with Crippen LogP contribution in [-0.2, 0) is 16.0 Å². The Morgan fingerprint density at radius 2 is 2.04 bits per heavy atom. The van der Waals surface area contributed by atoms with E-state index in [2.05, 4.69) is 21.9 Å². The summed E-state index contributed by atoms with van der Waals surface area (Å²) in [6.07, 6.45) is 0.335. The Bertz CT molecular complexity index is 780. The van der Waals surface area contributed by atoms with Gasteiger partial charge in [-0.1, -0.05) is 17.3 Å². The summed E-state index contributed by atoms with van der Waals surface area (Å²) in [6, 6.07) is 10.8. The summed E-state index contributed by atoms with van der Waals surface area (Å²) < 4.78 is 4.88. The Morgan fingerprint density at radius 3 is 2.64 bits per heavy atom. The van der Waals surface area contributed by atoms with Gasteiger partial charge in [-0.15, -0.1) is 11.8 Å². The van der Waals surface area contributed by atoms with Gasteiger partial charge in [0.15, 0.2) is 5.82 Å². The van der Waals surface area contributed by atoms with Gasteiger partial charge in [-0.3, -0.25) is 9.59 Å². The van der Waals surface area contributed by atoms with E-state index < -0.39 is 5.25 Å². The van der Waals surface area contributed by atoms with Gasteiger partial charge in [-0.25, -0.2) is 0 Å². The molecule has 2 N–H and O–H groups in total. The fraction of sp³-hybridized carbons (Fsp3) is 0.294. The molecule has 0 saturated heterocycles. The van der Waals surface area contributed by atoms with Crippen LogP contribution >= 0.6 is 11.8 Å². The van der Waals surface area contributed by atoms with Gasteiger partial charge in [0.2, 0.25) is 11.8 Å². The third-order valence-corrected chi connectivity index (χ3v) is 4.38. The average molecular weight is 358 g/mol. The third kappa shape index (κ3) is 5.97. The van der Waals surface area contributed by atoms with Crippen molar-refractivity contribution in [3.8, 4) is 6.07 Å². The number of rotatable bonds is 7. The molecule has 0 aliphatic heterocycles. The number of nitrogens with zero attached hydrogens (tertiary/aromatic N) is 2. The summed E-state index contributed by atoms with van der Waals surface area (Å²) in [4.78, 5) is 24.0. The second-order valence-corrected chi connectivity index (χ2v) is 6.67. The highest BCUT2D eigenvalue weighted by molar-refractivity contribution is 8.01. The van der Waals surface area contributed by atoms with Crippen LogP contribution in [0.4, 0.5) is 11.5 Å². The van der Waals surface area contributed by atoms with Gasteiger partial charge < -0.3 is 15.2 Å². The number of amides is 2. The molecule has 2 aromatic rings. The Morgan fingerprint density at radius 1 is 1.32 bits per heavy atom. The second-order valence-electron chi connectivity index (χ2n) is 5.35. The summed E-state index contributed by atoms with van der Waals surface area (Å²) >= 11 is 1.22. The van der Waals surface area contributed by atoms with Crippen LogP contribution in [0, 0.1) is 18.3 Å². The number of aromatic nitrogens is 1. The lowest BCUT2D eigenvalue weighted by atomic mass is 10.1. The predicted octanol–water partition coefficient (Wildman–Crippen LogP) is 2.75. The fourth-order valence-corrected chi connectivity index (χ4v) is 2.61. The van der Waals surface area contributed by atoms with Crippen LogP contribution < -0.4 is 10.6 Å². The maximum atomic E-state index is 12.0. The topological polar surface area (TPSA) is 108 Å². The van der Waals surface area contributed by atoms with Crippen molar-refractivity contribution in [1.29, 1.82) is 5.26 Å². The molecule has 1 unspecified atom stereocenters. The van der Waals surface area contributed by atoms with Gasteiger partial charge in [0.05, 0.1) is 23.5 Å². The van der Waals surface area contributed by atoms with Crippen molar-refractivity contribution >= 4 is 35.1 Å². The van der Waals surface area contributed by atoms with Gasteiger partial charge in [0.25, 0.3) is 0 Å². The molecule has 0 aliphatic rings. The standard InChI is InChI=1S/C17H18N4O3S/c1-11-9-15(21-24-11)20-17(23)12(2)25-10-16(22)19-14-5-3-13(4-6-14)7-8-18/h3-6,9,12H,7,10H2,1-2H3,(H,19,22)(H,20,21,23). The second kappa shape index (κ2) is 8.89. The zero-order valence-corrected chi connectivity index (χ0v) is 14.7. The molecular formula is C17H18N4O3S.